The van der Waals surface area contributed by atoms with Gasteiger partial charge in [-0.15, -0.1) is 10.2 Å². The van der Waals surface area contributed by atoms with Crippen molar-refractivity contribution in [3.8, 4) is 16.9 Å². The van der Waals surface area contributed by atoms with Crippen LogP contribution in [0.4, 0.5) is 0 Å². The van der Waals surface area contributed by atoms with E-state index >= 15 is 0 Å². The van der Waals surface area contributed by atoms with Gasteiger partial charge in [0, 0.05) is 38.2 Å². The van der Waals surface area contributed by atoms with Gasteiger partial charge < -0.3 is 14.6 Å². The largest absolute Gasteiger partial charge is 0.497 e. The van der Waals surface area contributed by atoms with Crippen molar-refractivity contribution in [1.29, 1.82) is 0 Å². The summed E-state index contributed by atoms with van der Waals surface area (Å²) in [6, 6.07) is 26.2. The van der Waals surface area contributed by atoms with Crippen LogP contribution in [0.5, 0.6) is 5.75 Å². The summed E-state index contributed by atoms with van der Waals surface area (Å²) in [7, 11) is 1.59. The number of benzene rings is 3. The molecule has 0 unspecified atom stereocenters. The Hall–Kier alpha value is -3.97. The van der Waals surface area contributed by atoms with Gasteiger partial charge in [0.2, 0.25) is 0 Å². The highest BCUT2D eigenvalue weighted by atomic mass is 16.5. The molecule has 7 nitrogen and oxygen atoms in total. The average Bonchev–Trinajstić information content (AvgIpc) is 3.23. The molecular weight excluding hydrogens is 450 g/mol. The number of carbonyl (C=O) groups is 1. The highest BCUT2D eigenvalue weighted by molar-refractivity contribution is 5.94. The molecule has 0 bridgehead atoms. The summed E-state index contributed by atoms with van der Waals surface area (Å²) in [6.45, 7) is 5.45. The molecule has 36 heavy (non-hydrogen) atoms. The molecule has 0 aliphatic carbocycles. The van der Waals surface area contributed by atoms with E-state index in [4.69, 9.17) is 4.74 Å². The molecule has 184 valence electrons. The predicted octanol–water partition coefficient (Wildman–Crippen LogP) is 4.50. The first kappa shape index (κ1) is 23.8. The van der Waals surface area contributed by atoms with Crippen LogP contribution < -0.4 is 10.1 Å². The fraction of sp³-hybridized carbons (Fsp3) is 0.276. The van der Waals surface area contributed by atoms with Crippen LogP contribution in [0.25, 0.3) is 11.1 Å². The molecule has 5 rings (SSSR count). The fourth-order valence-electron chi connectivity index (χ4n) is 4.67. The lowest BCUT2D eigenvalue weighted by Gasteiger charge is -2.20. The van der Waals surface area contributed by atoms with Crippen molar-refractivity contribution in [2.75, 3.05) is 20.2 Å². The van der Waals surface area contributed by atoms with Crippen LogP contribution in [0.15, 0.2) is 78.9 Å². The van der Waals surface area contributed by atoms with E-state index in [1.807, 2.05) is 25.1 Å². The minimum atomic E-state index is -0.262. The molecule has 0 saturated carbocycles. The number of amides is 1. The number of nitrogens with zero attached hydrogens (tertiary/aromatic N) is 4. The van der Waals surface area contributed by atoms with Crippen molar-refractivity contribution in [2.24, 2.45) is 0 Å². The van der Waals surface area contributed by atoms with Crippen molar-refractivity contribution < 1.29 is 9.53 Å². The van der Waals surface area contributed by atoms with Gasteiger partial charge in [-0.3, -0.25) is 9.69 Å². The Morgan fingerprint density at radius 1 is 0.944 bits per heavy atom. The second-order valence-corrected chi connectivity index (χ2v) is 9.14. The molecule has 1 amide bonds. The molecule has 2 heterocycles. The number of rotatable bonds is 7. The van der Waals surface area contributed by atoms with Crippen molar-refractivity contribution in [3.63, 3.8) is 0 Å². The SMILES string of the molecule is COc1cccc(C(=O)N[C@@H](C)c2nnc3n2CCN(Cc2ccc(-c4ccccc4)cc2)CC3)c1. The van der Waals surface area contributed by atoms with Gasteiger partial charge in [0.1, 0.15) is 11.6 Å². The van der Waals surface area contributed by atoms with Crippen molar-refractivity contribution >= 4 is 5.91 Å². The van der Waals surface area contributed by atoms with E-state index in [9.17, 15) is 4.79 Å². The van der Waals surface area contributed by atoms with E-state index in [1.165, 1.54) is 16.7 Å². The van der Waals surface area contributed by atoms with Gasteiger partial charge in [0.15, 0.2) is 5.82 Å². The molecule has 7 heteroatoms. The summed E-state index contributed by atoms with van der Waals surface area (Å²) in [5, 5.41) is 11.9. The van der Waals surface area contributed by atoms with Crippen LogP contribution in [-0.4, -0.2) is 45.8 Å². The number of methoxy groups -OCH3 is 1. The lowest BCUT2D eigenvalue weighted by atomic mass is 10.0. The molecule has 0 radical (unpaired) electrons. The summed E-state index contributed by atoms with van der Waals surface area (Å²) < 4.78 is 7.40. The summed E-state index contributed by atoms with van der Waals surface area (Å²) in [5.41, 5.74) is 4.32. The number of carbonyl (C=O) groups excluding carboxylic acids is 1. The molecule has 1 atom stereocenters. The van der Waals surface area contributed by atoms with Gasteiger partial charge in [-0.1, -0.05) is 60.7 Å². The summed E-state index contributed by atoms with van der Waals surface area (Å²) in [4.78, 5) is 15.2. The van der Waals surface area contributed by atoms with E-state index < -0.39 is 0 Å². The number of fused-ring (bicyclic) bond motifs is 1. The van der Waals surface area contributed by atoms with Gasteiger partial charge in [-0.25, -0.2) is 0 Å². The topological polar surface area (TPSA) is 72.3 Å². The Kier molecular flexibility index (Phi) is 7.09. The molecule has 1 aliphatic rings. The maximum absolute atomic E-state index is 12.8. The first-order valence-corrected chi connectivity index (χ1v) is 12.3. The van der Waals surface area contributed by atoms with Gasteiger partial charge in [-0.05, 0) is 41.8 Å². The van der Waals surface area contributed by atoms with E-state index in [1.54, 1.807) is 19.2 Å². The number of hydrogen-bond acceptors (Lipinski definition) is 5. The molecule has 1 aromatic heterocycles. The van der Waals surface area contributed by atoms with Crippen LogP contribution in [0.1, 0.15) is 40.5 Å². The maximum Gasteiger partial charge on any atom is 0.251 e. The molecule has 1 aliphatic heterocycles. The van der Waals surface area contributed by atoms with E-state index in [0.717, 1.165) is 44.2 Å². The van der Waals surface area contributed by atoms with Gasteiger partial charge in [0.25, 0.3) is 5.91 Å². The van der Waals surface area contributed by atoms with Crippen LogP contribution in [0.2, 0.25) is 0 Å². The fourth-order valence-corrected chi connectivity index (χ4v) is 4.67. The monoisotopic (exact) mass is 481 g/mol. The Balaban J connectivity index is 1.21. The number of hydrogen-bond donors (Lipinski definition) is 1. The Morgan fingerprint density at radius 3 is 2.50 bits per heavy atom. The minimum Gasteiger partial charge on any atom is -0.497 e. The maximum atomic E-state index is 12.8. The van der Waals surface area contributed by atoms with Crippen LogP contribution in [0.3, 0.4) is 0 Å². The molecule has 0 spiro atoms. The molecule has 1 N–H and O–H groups in total. The van der Waals surface area contributed by atoms with Gasteiger partial charge in [-0.2, -0.15) is 0 Å². The smallest absolute Gasteiger partial charge is 0.251 e. The number of aromatic nitrogens is 3. The quantitative estimate of drug-likeness (QED) is 0.421. The lowest BCUT2D eigenvalue weighted by molar-refractivity contribution is 0.0937. The second kappa shape index (κ2) is 10.7. The summed E-state index contributed by atoms with van der Waals surface area (Å²) in [5.74, 6) is 2.25. The summed E-state index contributed by atoms with van der Waals surface area (Å²) in [6.07, 6.45) is 0.825. The van der Waals surface area contributed by atoms with Crippen LogP contribution in [0, 0.1) is 0 Å². The Labute approximate surface area is 211 Å². The molecule has 0 fully saturated rings. The zero-order chi connectivity index (χ0) is 24.9. The molecule has 4 aromatic rings. The third-order valence-corrected chi connectivity index (χ3v) is 6.68. The second-order valence-electron chi connectivity index (χ2n) is 9.14. The Bertz CT molecular complexity index is 1320. The van der Waals surface area contributed by atoms with Crippen LogP contribution >= 0.6 is 0 Å². The summed E-state index contributed by atoms with van der Waals surface area (Å²) >= 11 is 0. The van der Waals surface area contributed by atoms with E-state index in [0.29, 0.717) is 11.3 Å². The van der Waals surface area contributed by atoms with Gasteiger partial charge in [0.05, 0.1) is 13.2 Å². The third kappa shape index (κ3) is 5.31. The van der Waals surface area contributed by atoms with Crippen LogP contribution in [-0.2, 0) is 19.5 Å². The van der Waals surface area contributed by atoms with Gasteiger partial charge >= 0.3 is 0 Å². The number of nitrogens with one attached hydrogen (secondary N) is 1. The zero-order valence-corrected chi connectivity index (χ0v) is 20.7. The number of ether oxygens (including phenoxy) is 1. The van der Waals surface area contributed by atoms with Crippen molar-refractivity contribution in [1.82, 2.24) is 25.0 Å². The Morgan fingerprint density at radius 2 is 1.72 bits per heavy atom. The molecular formula is C29H31N5O2. The zero-order valence-electron chi connectivity index (χ0n) is 20.7. The standard InChI is InChI=1S/C29H31N5O2/c1-21(30-29(35)25-9-6-10-26(19-25)36-2)28-32-31-27-15-16-33(17-18-34(27)28)20-22-11-13-24(14-12-22)23-7-4-3-5-8-23/h3-14,19,21H,15-18,20H2,1-2H3,(H,30,35)/t21-/m0/s1. The van der Waals surface area contributed by atoms with E-state index in [2.05, 4.69) is 73.5 Å². The average molecular weight is 482 g/mol. The highest BCUT2D eigenvalue weighted by Crippen LogP contribution is 2.21. The normalized spacial score (nSPS) is 14.5. The van der Waals surface area contributed by atoms with Crippen molar-refractivity contribution in [3.05, 3.63) is 102 Å². The first-order chi connectivity index (χ1) is 17.6. The molecule has 0 saturated heterocycles. The first-order valence-electron chi connectivity index (χ1n) is 12.3. The predicted molar refractivity (Wildman–Crippen MR) is 140 cm³/mol. The lowest BCUT2D eigenvalue weighted by Crippen LogP contribution is -2.30. The molecule has 3 aromatic carbocycles. The third-order valence-electron chi connectivity index (χ3n) is 6.68. The van der Waals surface area contributed by atoms with Crippen molar-refractivity contribution in [2.45, 2.75) is 32.5 Å². The minimum absolute atomic E-state index is 0.159. The van der Waals surface area contributed by atoms with E-state index in [-0.39, 0.29) is 11.9 Å². The highest BCUT2D eigenvalue weighted by Gasteiger charge is 2.23.